The van der Waals surface area contributed by atoms with Crippen LogP contribution >= 0.6 is 0 Å². The van der Waals surface area contributed by atoms with E-state index in [0.717, 1.165) is 22.5 Å². The van der Waals surface area contributed by atoms with E-state index in [1.807, 2.05) is 61.5 Å². The molecule has 0 aliphatic carbocycles. The molecule has 0 saturated carbocycles. The summed E-state index contributed by atoms with van der Waals surface area (Å²) in [5.41, 5.74) is 4.14. The lowest BCUT2D eigenvalue weighted by Crippen LogP contribution is -2.30. The van der Waals surface area contributed by atoms with Crippen LogP contribution in [0.15, 0.2) is 73.3 Å². The number of nitrogens with zero attached hydrogens (tertiary/aromatic N) is 5. The first-order chi connectivity index (χ1) is 13.6. The molecule has 1 N–H and O–H groups in total. The van der Waals surface area contributed by atoms with Gasteiger partial charge in [-0.25, -0.2) is 9.67 Å². The highest BCUT2D eigenvalue weighted by molar-refractivity contribution is 5.93. The molecule has 1 amide bonds. The summed E-state index contributed by atoms with van der Waals surface area (Å²) in [5, 5.41) is 11.3. The smallest absolute Gasteiger partial charge is 0.272 e. The fourth-order valence-electron chi connectivity index (χ4n) is 3.02. The molecule has 2 heterocycles. The fraction of sp³-hybridized carbons (Fsp3) is 0.143. The minimum absolute atomic E-state index is 0.0965. The number of carbonyl (C=O) groups is 1. The Hall–Kier alpha value is -3.74. The van der Waals surface area contributed by atoms with Crippen molar-refractivity contribution in [3.8, 4) is 16.9 Å². The van der Waals surface area contributed by atoms with Crippen molar-refractivity contribution in [2.24, 2.45) is 0 Å². The molecule has 7 nitrogen and oxygen atoms in total. The first kappa shape index (κ1) is 17.7. The Morgan fingerprint density at radius 2 is 1.86 bits per heavy atom. The van der Waals surface area contributed by atoms with Crippen LogP contribution in [0.2, 0.25) is 0 Å². The normalized spacial score (nSPS) is 11.9. The van der Waals surface area contributed by atoms with Crippen molar-refractivity contribution in [2.45, 2.75) is 13.0 Å². The molecule has 4 rings (SSSR count). The van der Waals surface area contributed by atoms with Crippen molar-refractivity contribution in [1.29, 1.82) is 0 Å². The number of benzene rings is 2. The Kier molecular flexibility index (Phi) is 4.72. The molecule has 0 saturated heterocycles. The Labute approximate surface area is 162 Å². The van der Waals surface area contributed by atoms with Gasteiger partial charge in [0.05, 0.1) is 17.4 Å². The van der Waals surface area contributed by atoms with Gasteiger partial charge >= 0.3 is 0 Å². The van der Waals surface area contributed by atoms with Gasteiger partial charge in [-0.3, -0.25) is 9.89 Å². The fourth-order valence-corrected chi connectivity index (χ4v) is 3.02. The van der Waals surface area contributed by atoms with Crippen molar-refractivity contribution < 1.29 is 4.79 Å². The molecule has 0 aliphatic rings. The number of rotatable bonds is 5. The molecule has 1 atom stereocenters. The Morgan fingerprint density at radius 1 is 1.11 bits per heavy atom. The van der Waals surface area contributed by atoms with Crippen LogP contribution in [0.25, 0.3) is 16.9 Å². The zero-order chi connectivity index (χ0) is 19.5. The van der Waals surface area contributed by atoms with E-state index >= 15 is 0 Å². The molecule has 0 bridgehead atoms. The van der Waals surface area contributed by atoms with E-state index in [0.29, 0.717) is 5.69 Å². The van der Waals surface area contributed by atoms with Gasteiger partial charge in [0.2, 0.25) is 0 Å². The molecule has 7 heteroatoms. The lowest BCUT2D eigenvalue weighted by molar-refractivity contribution is 0.0736. The summed E-state index contributed by atoms with van der Waals surface area (Å²) in [6, 6.07) is 19.4. The molecule has 28 heavy (non-hydrogen) atoms. The summed E-state index contributed by atoms with van der Waals surface area (Å²) in [5.74, 6) is -0.109. The monoisotopic (exact) mass is 372 g/mol. The second-order valence-corrected chi connectivity index (χ2v) is 6.56. The molecule has 2 aromatic heterocycles. The highest BCUT2D eigenvalue weighted by Gasteiger charge is 2.21. The third-order valence-electron chi connectivity index (χ3n) is 4.84. The number of hydrogen-bond acceptors (Lipinski definition) is 4. The van der Waals surface area contributed by atoms with Gasteiger partial charge in [-0.2, -0.15) is 10.2 Å². The number of hydrogen-bond donors (Lipinski definition) is 1. The quantitative estimate of drug-likeness (QED) is 0.581. The summed E-state index contributed by atoms with van der Waals surface area (Å²) < 4.78 is 1.69. The van der Waals surface area contributed by atoms with Crippen LogP contribution in [0.3, 0.4) is 0 Å². The Morgan fingerprint density at radius 3 is 2.54 bits per heavy atom. The average molecular weight is 372 g/mol. The first-order valence-corrected chi connectivity index (χ1v) is 8.96. The molecule has 4 aromatic rings. The van der Waals surface area contributed by atoms with Gasteiger partial charge in [0, 0.05) is 12.6 Å². The number of aromatic nitrogens is 5. The van der Waals surface area contributed by atoms with E-state index in [4.69, 9.17) is 0 Å². The van der Waals surface area contributed by atoms with E-state index in [1.165, 1.54) is 6.33 Å². The van der Waals surface area contributed by atoms with E-state index in [1.54, 1.807) is 29.0 Å². The minimum atomic E-state index is -0.109. The van der Waals surface area contributed by atoms with Crippen molar-refractivity contribution in [3.63, 3.8) is 0 Å². The number of aromatic amines is 1. The van der Waals surface area contributed by atoms with Gasteiger partial charge < -0.3 is 4.90 Å². The van der Waals surface area contributed by atoms with E-state index in [9.17, 15) is 4.79 Å². The van der Waals surface area contributed by atoms with Crippen molar-refractivity contribution in [1.82, 2.24) is 29.9 Å². The summed E-state index contributed by atoms with van der Waals surface area (Å²) in [4.78, 5) is 18.5. The van der Waals surface area contributed by atoms with Crippen LogP contribution in [0, 0.1) is 0 Å². The van der Waals surface area contributed by atoms with Gasteiger partial charge in [0.15, 0.2) is 0 Å². The average Bonchev–Trinajstić information content (AvgIpc) is 3.45. The Bertz CT molecular complexity index is 1050. The molecule has 0 fully saturated rings. The highest BCUT2D eigenvalue weighted by atomic mass is 16.2. The van der Waals surface area contributed by atoms with Crippen molar-refractivity contribution in [2.75, 3.05) is 7.05 Å². The Balaban J connectivity index is 1.50. The maximum absolute atomic E-state index is 12.9. The van der Waals surface area contributed by atoms with Crippen LogP contribution in [0.5, 0.6) is 0 Å². The number of nitrogens with one attached hydrogen (secondary N) is 1. The molecular weight excluding hydrogens is 352 g/mol. The molecular formula is C21H20N6O. The SMILES string of the molecule is C[C@@H](c1ccc(-n2cncn2)cc1)N(C)C(=O)c1cc(-c2ccccc2)n[nH]1. The maximum atomic E-state index is 12.9. The van der Waals surface area contributed by atoms with Crippen molar-refractivity contribution in [3.05, 3.63) is 84.6 Å². The first-order valence-electron chi connectivity index (χ1n) is 8.96. The predicted molar refractivity (Wildman–Crippen MR) is 106 cm³/mol. The highest BCUT2D eigenvalue weighted by Crippen LogP contribution is 2.23. The summed E-state index contributed by atoms with van der Waals surface area (Å²) in [6.07, 6.45) is 3.15. The molecule has 0 aliphatic heterocycles. The molecule has 140 valence electrons. The largest absolute Gasteiger partial charge is 0.334 e. The minimum Gasteiger partial charge on any atom is -0.334 e. The topological polar surface area (TPSA) is 79.7 Å². The third kappa shape index (κ3) is 3.42. The number of amides is 1. The van der Waals surface area contributed by atoms with Gasteiger partial charge in [0.1, 0.15) is 18.3 Å². The standard InChI is InChI=1S/C21H20N6O/c1-15(16-8-10-18(11-9-16)27-14-22-13-23-27)26(2)21(28)20-12-19(24-25-20)17-6-4-3-5-7-17/h3-15H,1-2H3,(H,24,25)/t15-/m0/s1. The number of H-pyrrole nitrogens is 1. The zero-order valence-corrected chi connectivity index (χ0v) is 15.6. The van der Waals surface area contributed by atoms with Crippen molar-refractivity contribution >= 4 is 5.91 Å². The molecule has 0 spiro atoms. The summed E-state index contributed by atoms with van der Waals surface area (Å²) in [7, 11) is 1.79. The molecule has 0 unspecified atom stereocenters. The summed E-state index contributed by atoms with van der Waals surface area (Å²) >= 11 is 0. The third-order valence-corrected chi connectivity index (χ3v) is 4.84. The van der Waals surface area contributed by atoms with Gasteiger partial charge in [-0.05, 0) is 30.7 Å². The predicted octanol–water partition coefficient (Wildman–Crippen LogP) is 3.49. The lowest BCUT2D eigenvalue weighted by atomic mass is 10.1. The van der Waals surface area contributed by atoms with Crippen LogP contribution in [-0.4, -0.2) is 42.8 Å². The van der Waals surface area contributed by atoms with E-state index in [2.05, 4.69) is 20.3 Å². The molecule has 0 radical (unpaired) electrons. The van der Waals surface area contributed by atoms with E-state index in [-0.39, 0.29) is 11.9 Å². The second-order valence-electron chi connectivity index (χ2n) is 6.56. The maximum Gasteiger partial charge on any atom is 0.272 e. The van der Waals surface area contributed by atoms with Crippen LogP contribution in [0.4, 0.5) is 0 Å². The van der Waals surface area contributed by atoms with Crippen LogP contribution in [0.1, 0.15) is 29.0 Å². The van der Waals surface area contributed by atoms with Crippen LogP contribution in [-0.2, 0) is 0 Å². The second kappa shape index (κ2) is 7.48. The van der Waals surface area contributed by atoms with Gasteiger partial charge in [0.25, 0.3) is 5.91 Å². The lowest BCUT2D eigenvalue weighted by Gasteiger charge is -2.25. The zero-order valence-electron chi connectivity index (χ0n) is 15.6. The molecule has 2 aromatic carbocycles. The van der Waals surface area contributed by atoms with Gasteiger partial charge in [-0.1, -0.05) is 42.5 Å². The van der Waals surface area contributed by atoms with Gasteiger partial charge in [-0.15, -0.1) is 0 Å². The van der Waals surface area contributed by atoms with E-state index < -0.39 is 0 Å². The van der Waals surface area contributed by atoms with Crippen LogP contribution < -0.4 is 0 Å². The number of carbonyl (C=O) groups excluding carboxylic acids is 1. The summed E-state index contributed by atoms with van der Waals surface area (Å²) in [6.45, 7) is 2.00.